The van der Waals surface area contributed by atoms with E-state index < -0.39 is 11.8 Å². The molecule has 26 heavy (non-hydrogen) atoms. The Bertz CT molecular complexity index is 947. The van der Waals surface area contributed by atoms with Crippen LogP contribution in [0.15, 0.2) is 34.9 Å². The molecule has 7 nitrogen and oxygen atoms in total. The molecular weight excluding hydrogens is 352 g/mol. The van der Waals surface area contributed by atoms with Gasteiger partial charge in [0.1, 0.15) is 21.2 Å². The fraction of sp³-hybridized carbons (Fsp3) is 0.222. The fourth-order valence-corrected chi connectivity index (χ4v) is 3.46. The van der Waals surface area contributed by atoms with Gasteiger partial charge in [0.15, 0.2) is 0 Å². The molecule has 0 aliphatic heterocycles. The number of hydrogen-bond donors (Lipinski definition) is 2. The van der Waals surface area contributed by atoms with Crippen molar-refractivity contribution in [3.63, 3.8) is 0 Å². The van der Waals surface area contributed by atoms with Gasteiger partial charge < -0.3 is 4.52 Å². The van der Waals surface area contributed by atoms with Crippen LogP contribution in [0.25, 0.3) is 10.6 Å². The molecule has 134 valence electrons. The maximum atomic E-state index is 12.4. The summed E-state index contributed by atoms with van der Waals surface area (Å²) in [5.41, 5.74) is 7.29. The normalized spacial score (nSPS) is 10.6. The second-order valence-electron chi connectivity index (χ2n) is 5.62. The topological polar surface area (TPSA) is 97.1 Å². The summed E-state index contributed by atoms with van der Waals surface area (Å²) in [6.07, 6.45) is 0.558. The molecule has 8 heteroatoms. The van der Waals surface area contributed by atoms with Crippen molar-refractivity contribution in [2.45, 2.75) is 27.2 Å². The highest BCUT2D eigenvalue weighted by Gasteiger charge is 2.21. The molecule has 2 amide bonds. The van der Waals surface area contributed by atoms with Gasteiger partial charge >= 0.3 is 0 Å². The van der Waals surface area contributed by atoms with E-state index in [1.165, 1.54) is 11.3 Å². The molecule has 0 atom stereocenters. The lowest BCUT2D eigenvalue weighted by molar-refractivity contribution is 0.0847. The zero-order valence-corrected chi connectivity index (χ0v) is 15.4. The Kier molecular flexibility index (Phi) is 5.13. The maximum absolute atomic E-state index is 12.4. The average Bonchev–Trinajstić information content (AvgIpc) is 3.22. The minimum absolute atomic E-state index is 0.346. The molecule has 0 bridgehead atoms. The summed E-state index contributed by atoms with van der Waals surface area (Å²) in [6.45, 7) is 5.29. The van der Waals surface area contributed by atoms with E-state index in [-0.39, 0.29) is 0 Å². The second-order valence-corrected chi connectivity index (χ2v) is 6.62. The van der Waals surface area contributed by atoms with Crippen LogP contribution in [0, 0.1) is 13.8 Å². The number of aromatic nitrogens is 2. The number of carbonyl (C=O) groups excluding carboxylic acids is 2. The summed E-state index contributed by atoms with van der Waals surface area (Å²) < 4.78 is 5.04. The van der Waals surface area contributed by atoms with Gasteiger partial charge in [-0.05, 0) is 20.3 Å². The lowest BCUT2D eigenvalue weighted by Crippen LogP contribution is -2.42. The molecule has 0 spiro atoms. The third-order valence-electron chi connectivity index (χ3n) is 3.81. The quantitative estimate of drug-likeness (QED) is 0.688. The van der Waals surface area contributed by atoms with Crippen molar-refractivity contribution < 1.29 is 14.1 Å². The maximum Gasteiger partial charge on any atom is 0.281 e. The van der Waals surface area contributed by atoms with E-state index in [0.29, 0.717) is 34.0 Å². The third kappa shape index (κ3) is 3.50. The van der Waals surface area contributed by atoms with Crippen LogP contribution in [0.1, 0.15) is 44.1 Å². The molecule has 3 aromatic rings. The summed E-state index contributed by atoms with van der Waals surface area (Å²) in [5, 5.41) is 4.59. The molecular formula is C18H18N4O3S. The van der Waals surface area contributed by atoms with Gasteiger partial charge in [-0.3, -0.25) is 20.4 Å². The zero-order chi connectivity index (χ0) is 18.7. The predicted octanol–water partition coefficient (Wildman–Crippen LogP) is 3.05. The van der Waals surface area contributed by atoms with Gasteiger partial charge in [-0.25, -0.2) is 4.98 Å². The summed E-state index contributed by atoms with van der Waals surface area (Å²) in [6, 6.07) is 9.62. The van der Waals surface area contributed by atoms with Crippen molar-refractivity contribution in [3.8, 4) is 10.6 Å². The number of hydrogen-bond acceptors (Lipinski definition) is 6. The van der Waals surface area contributed by atoms with Crippen LogP contribution >= 0.6 is 11.3 Å². The van der Waals surface area contributed by atoms with Gasteiger partial charge in [0.25, 0.3) is 11.8 Å². The molecule has 0 saturated heterocycles. The first-order valence-electron chi connectivity index (χ1n) is 8.10. The Morgan fingerprint density at radius 1 is 1.12 bits per heavy atom. The first kappa shape index (κ1) is 17.8. The van der Waals surface area contributed by atoms with Crippen LogP contribution in [0.4, 0.5) is 0 Å². The molecule has 0 radical (unpaired) electrons. The Hall–Kier alpha value is -3.00. The van der Waals surface area contributed by atoms with Gasteiger partial charge in [-0.15, -0.1) is 11.3 Å². The highest BCUT2D eigenvalue weighted by molar-refractivity contribution is 7.17. The molecule has 0 aliphatic rings. The summed E-state index contributed by atoms with van der Waals surface area (Å²) in [4.78, 5) is 29.6. The number of nitrogens with one attached hydrogen (secondary N) is 2. The molecule has 0 unspecified atom stereocenters. The fourth-order valence-electron chi connectivity index (χ4n) is 2.49. The summed E-state index contributed by atoms with van der Waals surface area (Å²) in [5.74, 6) is -0.462. The molecule has 2 aromatic heterocycles. The van der Waals surface area contributed by atoms with E-state index >= 15 is 0 Å². The Morgan fingerprint density at radius 2 is 1.81 bits per heavy atom. The van der Waals surface area contributed by atoms with Gasteiger partial charge in [0.05, 0.1) is 11.4 Å². The Labute approximate surface area is 154 Å². The predicted molar refractivity (Wildman–Crippen MR) is 97.8 cm³/mol. The molecule has 3 rings (SSSR count). The zero-order valence-electron chi connectivity index (χ0n) is 14.6. The van der Waals surface area contributed by atoms with E-state index in [4.69, 9.17) is 4.52 Å². The van der Waals surface area contributed by atoms with Crippen LogP contribution in [0.2, 0.25) is 0 Å². The number of amides is 2. The minimum Gasteiger partial charge on any atom is -0.361 e. The van der Waals surface area contributed by atoms with Crippen LogP contribution in [0.3, 0.4) is 0 Å². The Balaban J connectivity index is 1.72. The molecule has 2 heterocycles. The SMILES string of the molecule is CCc1noc(C)c1C(=O)NNC(=O)c1sc(-c2ccccc2)nc1C. The number of hydrazine groups is 1. The first-order valence-corrected chi connectivity index (χ1v) is 8.91. The van der Waals surface area contributed by atoms with Gasteiger partial charge in [0, 0.05) is 5.56 Å². The van der Waals surface area contributed by atoms with Gasteiger partial charge in [-0.2, -0.15) is 0 Å². The van der Waals surface area contributed by atoms with Crippen molar-refractivity contribution in [1.29, 1.82) is 0 Å². The van der Waals surface area contributed by atoms with Crippen molar-refractivity contribution in [2.75, 3.05) is 0 Å². The van der Waals surface area contributed by atoms with Gasteiger partial charge in [0.2, 0.25) is 0 Å². The number of nitrogens with zero attached hydrogens (tertiary/aromatic N) is 2. The second kappa shape index (κ2) is 7.49. The number of aryl methyl sites for hydroxylation is 3. The van der Waals surface area contributed by atoms with Crippen LogP contribution in [0.5, 0.6) is 0 Å². The van der Waals surface area contributed by atoms with E-state index in [0.717, 1.165) is 10.6 Å². The molecule has 0 fully saturated rings. The van der Waals surface area contributed by atoms with E-state index in [1.54, 1.807) is 13.8 Å². The van der Waals surface area contributed by atoms with Gasteiger partial charge in [-0.1, -0.05) is 42.4 Å². The average molecular weight is 370 g/mol. The van der Waals surface area contributed by atoms with Crippen LogP contribution in [-0.4, -0.2) is 22.0 Å². The largest absolute Gasteiger partial charge is 0.361 e. The lowest BCUT2D eigenvalue weighted by Gasteiger charge is -2.06. The molecule has 0 aliphatic carbocycles. The van der Waals surface area contributed by atoms with Crippen molar-refractivity contribution in [3.05, 3.63) is 57.9 Å². The van der Waals surface area contributed by atoms with Crippen molar-refractivity contribution in [1.82, 2.24) is 21.0 Å². The standard InChI is InChI=1S/C18H18N4O3S/c1-4-13-14(11(3)25-22-13)16(23)20-21-17(24)15-10(2)19-18(26-15)12-8-6-5-7-9-12/h5-9H,4H2,1-3H3,(H,20,23)(H,21,24). The first-order chi connectivity index (χ1) is 12.5. The van der Waals surface area contributed by atoms with Crippen LogP contribution in [-0.2, 0) is 6.42 Å². The number of benzene rings is 1. The lowest BCUT2D eigenvalue weighted by atomic mass is 10.1. The molecule has 2 N–H and O–H groups in total. The number of thiazole rings is 1. The Morgan fingerprint density at radius 3 is 2.50 bits per heavy atom. The minimum atomic E-state index is -0.459. The summed E-state index contributed by atoms with van der Waals surface area (Å²) in [7, 11) is 0. The van der Waals surface area contributed by atoms with Crippen molar-refractivity contribution >= 4 is 23.2 Å². The summed E-state index contributed by atoms with van der Waals surface area (Å²) >= 11 is 1.28. The van der Waals surface area contributed by atoms with E-state index in [1.807, 2.05) is 37.3 Å². The monoisotopic (exact) mass is 370 g/mol. The van der Waals surface area contributed by atoms with E-state index in [9.17, 15) is 9.59 Å². The smallest absolute Gasteiger partial charge is 0.281 e. The molecule has 1 aromatic carbocycles. The number of carbonyl (C=O) groups is 2. The van der Waals surface area contributed by atoms with E-state index in [2.05, 4.69) is 21.0 Å². The highest BCUT2D eigenvalue weighted by Crippen LogP contribution is 2.27. The van der Waals surface area contributed by atoms with Crippen LogP contribution < -0.4 is 10.9 Å². The number of rotatable bonds is 4. The highest BCUT2D eigenvalue weighted by atomic mass is 32.1. The third-order valence-corrected chi connectivity index (χ3v) is 5.01. The molecule has 0 saturated carbocycles. The van der Waals surface area contributed by atoms with Crippen molar-refractivity contribution in [2.24, 2.45) is 0 Å².